The Hall–Kier alpha value is -2.55. The molecule has 9 nitrogen and oxygen atoms in total. The summed E-state index contributed by atoms with van der Waals surface area (Å²) in [5.41, 5.74) is 0. The van der Waals surface area contributed by atoms with E-state index in [0.717, 1.165) is 103 Å². The number of hydrogen-bond donors (Lipinski definition) is 2. The van der Waals surface area contributed by atoms with Gasteiger partial charge in [-0.3, -0.25) is 18.6 Å². The van der Waals surface area contributed by atoms with Crippen LogP contribution in [-0.2, 0) is 27.9 Å². The zero-order valence-corrected chi connectivity index (χ0v) is 47.1. The molecule has 0 aromatic heterocycles. The van der Waals surface area contributed by atoms with Gasteiger partial charge in [0.15, 0.2) is 0 Å². The van der Waals surface area contributed by atoms with Crippen LogP contribution in [0.2, 0.25) is 0 Å². The SMILES string of the molecule is CCCCC/C=C\C/C=C\C/C=C\CCCCCCC(=O)NC(COP(=O)(O)OCC[N+](C)(C)C)C(/C=C/CCCCCCCCCCCC)OC(=O)CCCCCCCC/C=C/C=C/CCCCC. The Morgan fingerprint density at radius 2 is 0.914 bits per heavy atom. The van der Waals surface area contributed by atoms with Crippen molar-refractivity contribution in [1.82, 2.24) is 5.32 Å². The van der Waals surface area contributed by atoms with Gasteiger partial charge in [-0.2, -0.15) is 0 Å². The highest BCUT2D eigenvalue weighted by atomic mass is 31.2. The van der Waals surface area contributed by atoms with Crippen molar-refractivity contribution in [3.05, 3.63) is 72.9 Å². The van der Waals surface area contributed by atoms with Crippen molar-refractivity contribution in [2.45, 2.75) is 258 Å². The molecule has 0 aliphatic carbocycles. The third-order valence-electron chi connectivity index (χ3n) is 12.4. The van der Waals surface area contributed by atoms with Crippen LogP contribution >= 0.6 is 7.82 Å². The third kappa shape index (κ3) is 50.4. The minimum absolute atomic E-state index is 0.0311. The number of carbonyl (C=O) groups is 2. The van der Waals surface area contributed by atoms with Crippen LogP contribution in [0, 0.1) is 0 Å². The molecule has 0 fully saturated rings. The first-order valence-corrected chi connectivity index (χ1v) is 30.3. The van der Waals surface area contributed by atoms with E-state index in [1.165, 1.54) is 109 Å². The van der Waals surface area contributed by atoms with E-state index >= 15 is 0 Å². The number of unbranched alkanes of at least 4 members (excludes halogenated alkanes) is 26. The third-order valence-corrected chi connectivity index (χ3v) is 13.4. The van der Waals surface area contributed by atoms with Crippen LogP contribution in [0.4, 0.5) is 0 Å². The lowest BCUT2D eigenvalue weighted by molar-refractivity contribution is -0.870. The zero-order valence-electron chi connectivity index (χ0n) is 46.2. The molecule has 3 atom stereocenters. The Bertz CT molecular complexity index is 1430. The van der Waals surface area contributed by atoms with Crippen LogP contribution in [-0.4, -0.2) is 74.3 Å². The first-order chi connectivity index (χ1) is 33.9. The van der Waals surface area contributed by atoms with Gasteiger partial charge in [-0.1, -0.05) is 210 Å². The molecule has 0 heterocycles. The van der Waals surface area contributed by atoms with Crippen molar-refractivity contribution in [2.75, 3.05) is 40.9 Å². The van der Waals surface area contributed by atoms with Crippen LogP contribution in [0.5, 0.6) is 0 Å². The van der Waals surface area contributed by atoms with Crippen LogP contribution in [0.15, 0.2) is 72.9 Å². The molecule has 406 valence electrons. The van der Waals surface area contributed by atoms with E-state index in [1.54, 1.807) is 0 Å². The number of nitrogens with one attached hydrogen (secondary N) is 1. The van der Waals surface area contributed by atoms with Crippen molar-refractivity contribution < 1.29 is 37.3 Å². The number of amides is 1. The lowest BCUT2D eigenvalue weighted by atomic mass is 10.0. The van der Waals surface area contributed by atoms with E-state index in [1.807, 2.05) is 33.3 Å². The molecule has 0 bridgehead atoms. The van der Waals surface area contributed by atoms with E-state index in [4.69, 9.17) is 13.8 Å². The summed E-state index contributed by atoms with van der Waals surface area (Å²) in [7, 11) is 1.47. The number of rotatable bonds is 51. The summed E-state index contributed by atoms with van der Waals surface area (Å²) in [5, 5.41) is 3.03. The van der Waals surface area contributed by atoms with Gasteiger partial charge in [-0.15, -0.1) is 0 Å². The number of phosphoric ester groups is 1. The predicted molar refractivity (Wildman–Crippen MR) is 300 cm³/mol. The smallest absolute Gasteiger partial charge is 0.456 e. The summed E-state index contributed by atoms with van der Waals surface area (Å²) in [4.78, 5) is 37.6. The molecule has 0 rings (SSSR count). The average molecular weight is 1000 g/mol. The van der Waals surface area contributed by atoms with E-state index in [9.17, 15) is 19.0 Å². The van der Waals surface area contributed by atoms with Crippen molar-refractivity contribution in [2.24, 2.45) is 0 Å². The molecule has 0 aliphatic rings. The van der Waals surface area contributed by atoms with Gasteiger partial charge < -0.3 is 19.4 Å². The molecule has 10 heteroatoms. The molecule has 0 aliphatic heterocycles. The van der Waals surface area contributed by atoms with Crippen molar-refractivity contribution in [1.29, 1.82) is 0 Å². The molecule has 0 radical (unpaired) electrons. The molecule has 0 aromatic carbocycles. The number of esters is 1. The molecule has 3 unspecified atom stereocenters. The number of quaternary nitrogens is 1. The summed E-state index contributed by atoms with van der Waals surface area (Å²) in [6, 6.07) is -0.866. The van der Waals surface area contributed by atoms with Gasteiger partial charge >= 0.3 is 13.8 Å². The molecular formula is C60H110N2O7P+. The molecule has 70 heavy (non-hydrogen) atoms. The maximum atomic E-state index is 13.5. The van der Waals surface area contributed by atoms with E-state index in [2.05, 4.69) is 86.8 Å². The second-order valence-electron chi connectivity index (χ2n) is 20.5. The van der Waals surface area contributed by atoms with Crippen LogP contribution in [0.1, 0.15) is 245 Å². The molecule has 0 spiro atoms. The highest BCUT2D eigenvalue weighted by Gasteiger charge is 2.30. The molecular weight excluding hydrogens is 892 g/mol. The fraction of sp³-hybridized carbons (Fsp3) is 0.767. The summed E-state index contributed by atoms with van der Waals surface area (Å²) in [6.07, 6.45) is 63.1. The Kier molecular flexibility index (Phi) is 48.2. The van der Waals surface area contributed by atoms with Crippen molar-refractivity contribution >= 4 is 19.7 Å². The molecule has 0 aromatic rings. The Morgan fingerprint density at radius 1 is 0.514 bits per heavy atom. The summed E-state index contributed by atoms with van der Waals surface area (Å²) < 4.78 is 30.6. The fourth-order valence-corrected chi connectivity index (χ4v) is 8.61. The van der Waals surface area contributed by atoms with Gasteiger partial charge in [-0.05, 0) is 96.0 Å². The molecule has 0 saturated carbocycles. The van der Waals surface area contributed by atoms with E-state index in [-0.39, 0.29) is 31.5 Å². The number of carbonyl (C=O) groups excluding carboxylic acids is 2. The number of phosphoric acid groups is 1. The van der Waals surface area contributed by atoms with Crippen molar-refractivity contribution in [3.63, 3.8) is 0 Å². The number of nitrogens with zero attached hydrogens (tertiary/aromatic N) is 1. The highest BCUT2D eigenvalue weighted by Crippen LogP contribution is 2.43. The second-order valence-corrected chi connectivity index (χ2v) is 21.9. The Morgan fingerprint density at radius 3 is 1.41 bits per heavy atom. The Labute approximate surface area is 432 Å². The lowest BCUT2D eigenvalue weighted by Crippen LogP contribution is -2.47. The molecule has 2 N–H and O–H groups in total. The second kappa shape index (κ2) is 50.0. The Balaban J connectivity index is 5.42. The van der Waals surface area contributed by atoms with Gasteiger partial charge in [0.25, 0.3) is 0 Å². The standard InChI is InChI=1S/C60H109N2O7P/c1-7-10-13-16-19-22-25-28-30-31-33-34-37-40-43-46-49-52-59(63)61-57(56-68-70(65,66)67-55-54-62(4,5)6)58(51-48-45-42-39-36-27-24-21-18-15-12-9-3)69-60(64)53-50-47-44-41-38-35-32-29-26-23-20-17-14-11-8-2/h19-20,22-23,26,28-30,33-34,48,51,57-58H,7-18,21,24-25,27,31-32,35-47,49-50,52-56H2,1-6H3,(H-,61,63,65,66)/p+1/b22-19-,23-20+,29-26+,30-28-,34-33-,51-48+. The van der Waals surface area contributed by atoms with Gasteiger partial charge in [0.05, 0.1) is 33.8 Å². The van der Waals surface area contributed by atoms with Crippen LogP contribution < -0.4 is 5.32 Å². The maximum absolute atomic E-state index is 13.5. The number of hydrogen-bond acceptors (Lipinski definition) is 6. The summed E-state index contributed by atoms with van der Waals surface area (Å²) in [5.74, 6) is -0.546. The zero-order chi connectivity index (χ0) is 51.5. The monoisotopic (exact) mass is 1000 g/mol. The predicted octanol–water partition coefficient (Wildman–Crippen LogP) is 17.3. The van der Waals surface area contributed by atoms with Gasteiger partial charge in [-0.25, -0.2) is 4.57 Å². The first kappa shape index (κ1) is 67.5. The first-order valence-electron chi connectivity index (χ1n) is 28.8. The van der Waals surface area contributed by atoms with E-state index in [0.29, 0.717) is 17.4 Å². The molecule has 1 amide bonds. The quantitative estimate of drug-likeness (QED) is 0.0156. The topological polar surface area (TPSA) is 111 Å². The fourth-order valence-electron chi connectivity index (χ4n) is 7.88. The normalized spacial score (nSPS) is 14.3. The minimum Gasteiger partial charge on any atom is -0.456 e. The lowest BCUT2D eigenvalue weighted by Gasteiger charge is -2.27. The molecule has 0 saturated heterocycles. The largest absolute Gasteiger partial charge is 0.472 e. The van der Waals surface area contributed by atoms with Gasteiger partial charge in [0.2, 0.25) is 5.91 Å². The maximum Gasteiger partial charge on any atom is 0.472 e. The highest BCUT2D eigenvalue weighted by molar-refractivity contribution is 7.47. The van der Waals surface area contributed by atoms with Crippen LogP contribution in [0.25, 0.3) is 0 Å². The summed E-state index contributed by atoms with van der Waals surface area (Å²) >= 11 is 0. The van der Waals surface area contributed by atoms with Gasteiger partial charge in [0, 0.05) is 12.8 Å². The number of likely N-dealkylation sites (N-methyl/N-ethyl adjacent to an activating group) is 1. The average Bonchev–Trinajstić information content (AvgIpc) is 3.32. The number of allylic oxidation sites excluding steroid dienone is 11. The van der Waals surface area contributed by atoms with E-state index < -0.39 is 20.0 Å². The van der Waals surface area contributed by atoms with Gasteiger partial charge in [0.1, 0.15) is 19.3 Å². The number of ether oxygens (including phenoxy) is 1. The van der Waals surface area contributed by atoms with Crippen molar-refractivity contribution in [3.8, 4) is 0 Å². The summed E-state index contributed by atoms with van der Waals surface area (Å²) in [6.45, 7) is 6.92. The minimum atomic E-state index is -4.45. The van der Waals surface area contributed by atoms with Crippen LogP contribution in [0.3, 0.4) is 0 Å².